The second-order valence-corrected chi connectivity index (χ2v) is 4.71. The Balaban J connectivity index is 3.27. The van der Waals surface area contributed by atoms with Gasteiger partial charge in [0.05, 0.1) is 12.2 Å². The first-order valence-corrected chi connectivity index (χ1v) is 5.49. The lowest BCUT2D eigenvalue weighted by Crippen LogP contribution is -2.18. The van der Waals surface area contributed by atoms with Gasteiger partial charge in [0, 0.05) is 4.90 Å². The fraction of sp³-hybridized carbons (Fsp3) is 0.400. The third-order valence-corrected chi connectivity index (χ3v) is 2.74. The van der Waals surface area contributed by atoms with Gasteiger partial charge in [-0.25, -0.2) is 0 Å². The van der Waals surface area contributed by atoms with E-state index >= 15 is 0 Å². The zero-order chi connectivity index (χ0) is 11.6. The molecule has 1 aromatic rings. The van der Waals surface area contributed by atoms with Gasteiger partial charge in [-0.15, -0.1) is 0 Å². The molecule has 0 aliphatic rings. The second-order valence-electron chi connectivity index (χ2n) is 3.77. The van der Waals surface area contributed by atoms with Crippen LogP contribution in [0.5, 0.6) is 0 Å². The average Bonchev–Trinajstić information content (AvgIpc) is 2.15. The molecule has 0 saturated carbocycles. The summed E-state index contributed by atoms with van der Waals surface area (Å²) >= 11 is -2.32. The topological polar surface area (TPSA) is 80.6 Å². The van der Waals surface area contributed by atoms with E-state index in [1.807, 2.05) is 0 Å². The largest absolute Gasteiger partial charge is 0.768 e. The Morgan fingerprint density at radius 1 is 1.47 bits per heavy atom. The average molecular weight is 229 g/mol. The highest BCUT2D eigenvalue weighted by Crippen LogP contribution is 2.25. The molecular formula is C10H13O4S-. The van der Waals surface area contributed by atoms with Crippen LogP contribution in [0.1, 0.15) is 25.0 Å². The molecule has 4 nitrogen and oxygen atoms in total. The van der Waals surface area contributed by atoms with Crippen LogP contribution < -0.4 is 0 Å². The van der Waals surface area contributed by atoms with Crippen molar-refractivity contribution in [3.63, 3.8) is 0 Å². The number of aliphatic hydroxyl groups is 2. The summed E-state index contributed by atoms with van der Waals surface area (Å²) in [5.74, 6) is 0. The minimum absolute atomic E-state index is 0.104. The molecule has 1 atom stereocenters. The molecular weight excluding hydrogens is 216 g/mol. The summed E-state index contributed by atoms with van der Waals surface area (Å²) in [6.45, 7) is 2.86. The van der Waals surface area contributed by atoms with E-state index in [-0.39, 0.29) is 11.5 Å². The predicted octanol–water partition coefficient (Wildman–Crippen LogP) is 0.644. The summed E-state index contributed by atoms with van der Waals surface area (Å²) in [4.78, 5) is 0.104. The Bertz CT molecular complexity index is 381. The van der Waals surface area contributed by atoms with Crippen LogP contribution in [0.15, 0.2) is 23.1 Å². The summed E-state index contributed by atoms with van der Waals surface area (Å²) in [5, 5.41) is 18.8. The monoisotopic (exact) mass is 229 g/mol. The van der Waals surface area contributed by atoms with Crippen LogP contribution in [-0.2, 0) is 23.3 Å². The number of benzene rings is 1. The van der Waals surface area contributed by atoms with Crippen LogP contribution in [0, 0.1) is 0 Å². The van der Waals surface area contributed by atoms with E-state index in [0.717, 1.165) is 0 Å². The van der Waals surface area contributed by atoms with Crippen LogP contribution in [-0.4, -0.2) is 19.0 Å². The molecule has 0 bridgehead atoms. The summed E-state index contributed by atoms with van der Waals surface area (Å²) < 4.78 is 21.4. The van der Waals surface area contributed by atoms with Crippen LogP contribution >= 0.6 is 0 Å². The Kier molecular flexibility index (Phi) is 3.62. The molecule has 1 rings (SSSR count). The lowest BCUT2D eigenvalue weighted by atomic mass is 9.93. The molecule has 0 spiro atoms. The van der Waals surface area contributed by atoms with Gasteiger partial charge in [-0.05, 0) is 48.2 Å². The van der Waals surface area contributed by atoms with E-state index in [4.69, 9.17) is 5.11 Å². The highest BCUT2D eigenvalue weighted by molar-refractivity contribution is 7.79. The SMILES string of the molecule is CC(C)(O)c1ccc(S(=O)[O-])cc1CO. The minimum atomic E-state index is -2.32. The van der Waals surface area contributed by atoms with E-state index in [1.54, 1.807) is 13.8 Å². The van der Waals surface area contributed by atoms with Crippen molar-refractivity contribution in [3.05, 3.63) is 29.3 Å². The first-order valence-electron chi connectivity index (χ1n) is 4.42. The Morgan fingerprint density at radius 3 is 2.47 bits per heavy atom. The normalized spacial score (nSPS) is 13.9. The van der Waals surface area contributed by atoms with E-state index in [0.29, 0.717) is 11.1 Å². The molecule has 0 saturated heterocycles. The van der Waals surface area contributed by atoms with Crippen LogP contribution in [0.25, 0.3) is 0 Å². The summed E-state index contributed by atoms with van der Waals surface area (Å²) in [5.41, 5.74) is -0.149. The molecule has 1 aromatic carbocycles. The zero-order valence-corrected chi connectivity index (χ0v) is 9.37. The molecule has 0 fully saturated rings. The smallest absolute Gasteiger partial charge is 0.0844 e. The first kappa shape index (κ1) is 12.3. The highest BCUT2D eigenvalue weighted by Gasteiger charge is 2.19. The maximum absolute atomic E-state index is 10.7. The van der Waals surface area contributed by atoms with Crippen molar-refractivity contribution >= 4 is 11.1 Å². The van der Waals surface area contributed by atoms with Crippen molar-refractivity contribution in [2.45, 2.75) is 31.0 Å². The van der Waals surface area contributed by atoms with Gasteiger partial charge >= 0.3 is 0 Å². The van der Waals surface area contributed by atoms with E-state index in [2.05, 4.69) is 0 Å². The molecule has 84 valence electrons. The van der Waals surface area contributed by atoms with Gasteiger partial charge in [-0.1, -0.05) is 6.07 Å². The molecule has 1 unspecified atom stereocenters. The zero-order valence-electron chi connectivity index (χ0n) is 8.56. The van der Waals surface area contributed by atoms with Crippen LogP contribution in [0.2, 0.25) is 0 Å². The van der Waals surface area contributed by atoms with Crippen molar-refractivity contribution in [2.75, 3.05) is 0 Å². The van der Waals surface area contributed by atoms with Crippen molar-refractivity contribution < 1.29 is 19.0 Å². The number of hydrogen-bond donors (Lipinski definition) is 2. The lowest BCUT2D eigenvalue weighted by Gasteiger charge is -2.22. The lowest BCUT2D eigenvalue weighted by molar-refractivity contribution is 0.0759. The summed E-state index contributed by atoms with van der Waals surface area (Å²) in [6.07, 6.45) is 0. The van der Waals surface area contributed by atoms with Gasteiger partial charge < -0.3 is 14.8 Å². The van der Waals surface area contributed by atoms with Gasteiger partial charge in [0.1, 0.15) is 0 Å². The highest BCUT2D eigenvalue weighted by atomic mass is 32.2. The third kappa shape index (κ3) is 2.85. The molecule has 0 amide bonds. The van der Waals surface area contributed by atoms with Gasteiger partial charge in [-0.2, -0.15) is 0 Å². The van der Waals surface area contributed by atoms with Crippen LogP contribution in [0.3, 0.4) is 0 Å². The maximum Gasteiger partial charge on any atom is 0.0844 e. The third-order valence-electron chi connectivity index (χ3n) is 2.10. The molecule has 0 aliphatic heterocycles. The minimum Gasteiger partial charge on any atom is -0.768 e. The maximum atomic E-state index is 10.7. The molecule has 0 aromatic heterocycles. The van der Waals surface area contributed by atoms with Crippen molar-refractivity contribution in [2.24, 2.45) is 0 Å². The molecule has 0 radical (unpaired) electrons. The fourth-order valence-electron chi connectivity index (χ4n) is 1.40. The van der Waals surface area contributed by atoms with Crippen molar-refractivity contribution in [1.82, 2.24) is 0 Å². The molecule has 5 heteroatoms. The van der Waals surface area contributed by atoms with Gasteiger partial charge in [-0.3, -0.25) is 4.21 Å². The van der Waals surface area contributed by atoms with Gasteiger partial charge in [0.25, 0.3) is 0 Å². The fourth-order valence-corrected chi connectivity index (χ4v) is 1.82. The molecule has 0 heterocycles. The van der Waals surface area contributed by atoms with E-state index < -0.39 is 16.7 Å². The van der Waals surface area contributed by atoms with Crippen molar-refractivity contribution in [3.8, 4) is 0 Å². The standard InChI is InChI=1S/C10H14O4S/c1-10(2,12)9-4-3-8(15(13)14)5-7(9)6-11/h3-5,11-12H,6H2,1-2H3,(H,13,14)/p-1. The Labute approximate surface area is 90.9 Å². The Hall–Kier alpha value is -0.750. The van der Waals surface area contributed by atoms with E-state index in [1.165, 1.54) is 18.2 Å². The summed E-state index contributed by atoms with van der Waals surface area (Å²) in [7, 11) is 0. The molecule has 15 heavy (non-hydrogen) atoms. The number of rotatable bonds is 3. The Morgan fingerprint density at radius 2 is 2.07 bits per heavy atom. The van der Waals surface area contributed by atoms with Crippen LogP contribution in [0.4, 0.5) is 0 Å². The quantitative estimate of drug-likeness (QED) is 0.745. The number of aliphatic hydroxyl groups excluding tert-OH is 1. The van der Waals surface area contributed by atoms with E-state index in [9.17, 15) is 13.9 Å². The molecule has 2 N–H and O–H groups in total. The van der Waals surface area contributed by atoms with Gasteiger partial charge in [0.2, 0.25) is 0 Å². The predicted molar refractivity (Wildman–Crippen MR) is 54.8 cm³/mol. The second kappa shape index (κ2) is 4.40. The van der Waals surface area contributed by atoms with Gasteiger partial charge in [0.15, 0.2) is 0 Å². The van der Waals surface area contributed by atoms with Crippen molar-refractivity contribution in [1.29, 1.82) is 0 Å². The number of hydrogen-bond acceptors (Lipinski definition) is 4. The molecule has 0 aliphatic carbocycles. The first-order chi connectivity index (χ1) is 6.86. The summed E-state index contributed by atoms with van der Waals surface area (Å²) in [6, 6.07) is 4.27.